The van der Waals surface area contributed by atoms with Gasteiger partial charge in [0.05, 0.1) is 35.5 Å². The fraction of sp³-hybridized carbons (Fsp3) is 0.346. The Balaban J connectivity index is 1.91. The van der Waals surface area contributed by atoms with Gasteiger partial charge in [0, 0.05) is 35.4 Å². The summed E-state index contributed by atoms with van der Waals surface area (Å²) in [7, 11) is 1.57. The van der Waals surface area contributed by atoms with E-state index in [4.69, 9.17) is 9.47 Å². The van der Waals surface area contributed by atoms with Crippen LogP contribution >= 0.6 is 0 Å². The molecule has 0 spiro atoms. The number of ether oxygens (including phenoxy) is 2. The molecule has 0 saturated heterocycles. The Hall–Kier alpha value is -3.61. The van der Waals surface area contributed by atoms with Gasteiger partial charge < -0.3 is 19.4 Å². The van der Waals surface area contributed by atoms with Gasteiger partial charge in [-0.05, 0) is 39.0 Å². The van der Waals surface area contributed by atoms with Crippen LogP contribution in [0.3, 0.4) is 0 Å². The molecule has 0 fully saturated rings. The number of hydrogen-bond donors (Lipinski definition) is 1. The maximum Gasteiger partial charge on any atom is 0.342 e. The Morgan fingerprint density at radius 2 is 1.82 bits per heavy atom. The molecule has 1 amide bonds. The predicted octanol–water partition coefficient (Wildman–Crippen LogP) is 4.61. The largest absolute Gasteiger partial charge is 0.481 e. The molecule has 172 valence electrons. The third-order valence-corrected chi connectivity index (χ3v) is 5.74. The van der Waals surface area contributed by atoms with Crippen molar-refractivity contribution in [2.24, 2.45) is 0 Å². The average Bonchev–Trinajstić information content (AvgIpc) is 3.09. The zero-order valence-electron chi connectivity index (χ0n) is 19.9. The molecule has 3 heterocycles. The second-order valence-corrected chi connectivity index (χ2v) is 9.30. The zero-order valence-corrected chi connectivity index (χ0v) is 19.9. The maximum atomic E-state index is 13.5. The summed E-state index contributed by atoms with van der Waals surface area (Å²) >= 11 is 0. The molecule has 3 aromatic rings. The fourth-order valence-corrected chi connectivity index (χ4v) is 4.22. The molecule has 4 rings (SSSR count). The molecule has 0 aliphatic carbocycles. The molecule has 0 unspecified atom stereocenters. The summed E-state index contributed by atoms with van der Waals surface area (Å²) in [4.78, 5) is 36.3. The number of carbonyl (C=O) groups excluding carboxylic acids is 2. The zero-order chi connectivity index (χ0) is 23.9. The molecule has 0 saturated carbocycles. The molecule has 0 atom stereocenters. The van der Waals surface area contributed by atoms with E-state index >= 15 is 0 Å². The molecular formula is C26H29N3O4. The molecular weight excluding hydrogens is 418 g/mol. The van der Waals surface area contributed by atoms with Crippen molar-refractivity contribution in [1.82, 2.24) is 14.9 Å². The van der Waals surface area contributed by atoms with Gasteiger partial charge in [-0.25, -0.2) is 9.78 Å². The van der Waals surface area contributed by atoms with E-state index in [0.717, 1.165) is 16.6 Å². The molecule has 7 nitrogen and oxygen atoms in total. The SMILES string of the molecule is COc1ccc2[nH]c3c(c2n1)C(C)(C)CN(C(=O)c1ccc(C)cc1)C=C3C(=O)OC(C)C. The van der Waals surface area contributed by atoms with Crippen LogP contribution in [0.1, 0.15) is 54.9 Å². The summed E-state index contributed by atoms with van der Waals surface area (Å²) in [6, 6.07) is 11.1. The monoisotopic (exact) mass is 447 g/mol. The van der Waals surface area contributed by atoms with Crippen LogP contribution in [-0.2, 0) is 14.9 Å². The van der Waals surface area contributed by atoms with E-state index in [-0.39, 0.29) is 12.0 Å². The number of fused-ring (bicyclic) bond motifs is 3. The molecule has 0 radical (unpaired) electrons. The molecule has 1 aliphatic heterocycles. The van der Waals surface area contributed by atoms with Crippen LogP contribution in [0, 0.1) is 6.92 Å². The number of aromatic amines is 1. The highest BCUT2D eigenvalue weighted by molar-refractivity contribution is 6.18. The number of esters is 1. The van der Waals surface area contributed by atoms with Crippen LogP contribution in [0.15, 0.2) is 42.6 Å². The van der Waals surface area contributed by atoms with Crippen molar-refractivity contribution in [3.05, 3.63) is 65.0 Å². The van der Waals surface area contributed by atoms with Crippen LogP contribution < -0.4 is 4.74 Å². The quantitative estimate of drug-likeness (QED) is 0.591. The van der Waals surface area contributed by atoms with Crippen molar-refractivity contribution in [3.63, 3.8) is 0 Å². The van der Waals surface area contributed by atoms with E-state index in [1.165, 1.54) is 0 Å². The molecule has 0 bridgehead atoms. The summed E-state index contributed by atoms with van der Waals surface area (Å²) in [6.45, 7) is 10.0. The Labute approximate surface area is 193 Å². The van der Waals surface area contributed by atoms with Crippen molar-refractivity contribution >= 4 is 28.5 Å². The number of hydrogen-bond acceptors (Lipinski definition) is 5. The van der Waals surface area contributed by atoms with Gasteiger partial charge in [0.25, 0.3) is 5.91 Å². The van der Waals surface area contributed by atoms with Gasteiger partial charge in [-0.2, -0.15) is 0 Å². The summed E-state index contributed by atoms with van der Waals surface area (Å²) in [5.41, 5.74) is 4.35. The Morgan fingerprint density at radius 1 is 1.12 bits per heavy atom. The van der Waals surface area contributed by atoms with Gasteiger partial charge in [-0.3, -0.25) is 4.79 Å². The van der Waals surface area contributed by atoms with E-state index in [1.807, 2.05) is 39.0 Å². The minimum atomic E-state index is -0.524. The highest BCUT2D eigenvalue weighted by Gasteiger charge is 2.38. The van der Waals surface area contributed by atoms with Crippen molar-refractivity contribution in [3.8, 4) is 5.88 Å². The van der Waals surface area contributed by atoms with Crippen molar-refractivity contribution in [2.75, 3.05) is 13.7 Å². The smallest absolute Gasteiger partial charge is 0.342 e. The van der Waals surface area contributed by atoms with E-state index in [9.17, 15) is 9.59 Å². The van der Waals surface area contributed by atoms with Crippen LogP contribution in [0.4, 0.5) is 0 Å². The van der Waals surface area contributed by atoms with Gasteiger partial charge in [-0.15, -0.1) is 0 Å². The van der Waals surface area contributed by atoms with Crippen LogP contribution in [0.2, 0.25) is 0 Å². The molecule has 1 N–H and O–H groups in total. The van der Waals surface area contributed by atoms with Gasteiger partial charge >= 0.3 is 5.97 Å². The number of nitrogens with one attached hydrogen (secondary N) is 1. The number of amides is 1. The third-order valence-electron chi connectivity index (χ3n) is 5.74. The summed E-state index contributed by atoms with van der Waals surface area (Å²) in [5, 5.41) is 0. The second kappa shape index (κ2) is 8.39. The van der Waals surface area contributed by atoms with Gasteiger partial charge in [0.2, 0.25) is 5.88 Å². The third kappa shape index (κ3) is 4.23. The Bertz CT molecular complexity index is 1250. The molecule has 33 heavy (non-hydrogen) atoms. The highest BCUT2D eigenvalue weighted by Crippen LogP contribution is 2.40. The van der Waals surface area contributed by atoms with Crippen molar-refractivity contribution < 1.29 is 19.1 Å². The van der Waals surface area contributed by atoms with Crippen LogP contribution in [0.5, 0.6) is 5.88 Å². The van der Waals surface area contributed by atoms with Crippen molar-refractivity contribution in [2.45, 2.75) is 46.1 Å². The lowest BCUT2D eigenvalue weighted by Gasteiger charge is -2.29. The number of H-pyrrole nitrogens is 1. The number of methoxy groups -OCH3 is 1. The fourth-order valence-electron chi connectivity index (χ4n) is 4.22. The number of aromatic nitrogens is 2. The molecule has 1 aromatic carbocycles. The Kier molecular flexibility index (Phi) is 5.74. The molecule has 7 heteroatoms. The first-order valence-corrected chi connectivity index (χ1v) is 11.0. The highest BCUT2D eigenvalue weighted by atomic mass is 16.5. The topological polar surface area (TPSA) is 84.5 Å². The first-order valence-electron chi connectivity index (χ1n) is 11.0. The summed E-state index contributed by atoms with van der Waals surface area (Å²) in [6.07, 6.45) is 1.30. The van der Waals surface area contributed by atoms with E-state index in [2.05, 4.69) is 9.97 Å². The van der Waals surface area contributed by atoms with Crippen molar-refractivity contribution in [1.29, 1.82) is 0 Å². The minimum Gasteiger partial charge on any atom is -0.481 e. The van der Waals surface area contributed by atoms with Crippen LogP contribution in [-0.4, -0.2) is 46.5 Å². The lowest BCUT2D eigenvalue weighted by molar-refractivity contribution is -0.140. The molecule has 2 aromatic heterocycles. The van der Waals surface area contributed by atoms with Gasteiger partial charge in [-0.1, -0.05) is 31.5 Å². The van der Waals surface area contributed by atoms with E-state index in [1.54, 1.807) is 50.3 Å². The second-order valence-electron chi connectivity index (χ2n) is 9.30. The Morgan fingerprint density at radius 3 is 2.45 bits per heavy atom. The standard InChI is InChI=1S/C26H29N3O4/c1-15(2)33-25(31)18-13-29(24(30)17-9-7-16(3)8-10-17)14-26(4,5)21-22(18)27-19-11-12-20(32-6)28-23(19)21/h7-13,15,27H,14H2,1-6H3. The van der Waals surface area contributed by atoms with E-state index in [0.29, 0.717) is 34.8 Å². The van der Waals surface area contributed by atoms with Crippen LogP contribution in [0.25, 0.3) is 16.6 Å². The minimum absolute atomic E-state index is 0.182. The first kappa shape index (κ1) is 22.6. The number of nitrogens with zero attached hydrogens (tertiary/aromatic N) is 2. The summed E-state index contributed by atoms with van der Waals surface area (Å²) < 4.78 is 10.9. The normalized spacial score (nSPS) is 15.1. The number of rotatable bonds is 4. The lowest BCUT2D eigenvalue weighted by Crippen LogP contribution is -2.37. The predicted molar refractivity (Wildman–Crippen MR) is 127 cm³/mol. The number of aryl methyl sites for hydroxylation is 1. The molecule has 1 aliphatic rings. The lowest BCUT2D eigenvalue weighted by atomic mass is 9.83. The first-order chi connectivity index (χ1) is 15.6. The van der Waals surface area contributed by atoms with Gasteiger partial charge in [0.15, 0.2) is 0 Å². The van der Waals surface area contributed by atoms with Gasteiger partial charge in [0.1, 0.15) is 0 Å². The summed E-state index contributed by atoms with van der Waals surface area (Å²) in [5.74, 6) is -0.200. The number of pyridine rings is 1. The maximum absolute atomic E-state index is 13.5. The van der Waals surface area contributed by atoms with E-state index < -0.39 is 11.4 Å². The number of carbonyl (C=O) groups is 2. The number of benzene rings is 1. The average molecular weight is 448 g/mol.